The molecule has 0 aromatic heterocycles. The fourth-order valence-corrected chi connectivity index (χ4v) is 2.64. The number of rotatable bonds is 7. The van der Waals surface area contributed by atoms with Gasteiger partial charge in [0.15, 0.2) is 0 Å². The number of amides is 1. The SMILES string of the molecule is CCNC(=O)\C=C(C)/C=C/C=C(C)/C=C\c1c(C)cc(OC)c(C)c1C. The van der Waals surface area contributed by atoms with Gasteiger partial charge < -0.3 is 10.1 Å². The van der Waals surface area contributed by atoms with Crippen LogP contribution in [0.1, 0.15) is 43.0 Å². The van der Waals surface area contributed by atoms with E-state index in [1.54, 1.807) is 13.2 Å². The third-order valence-corrected chi connectivity index (χ3v) is 4.27. The molecule has 1 aromatic carbocycles. The van der Waals surface area contributed by atoms with Crippen LogP contribution in [-0.2, 0) is 4.79 Å². The summed E-state index contributed by atoms with van der Waals surface area (Å²) in [6.07, 6.45) is 11.8. The molecule has 0 radical (unpaired) electrons. The van der Waals surface area contributed by atoms with Gasteiger partial charge in [-0.1, -0.05) is 36.0 Å². The molecule has 0 atom stereocenters. The zero-order valence-corrected chi connectivity index (χ0v) is 17.1. The number of allylic oxidation sites excluding steroid dienone is 6. The van der Waals surface area contributed by atoms with Gasteiger partial charge in [0.25, 0.3) is 0 Å². The molecule has 26 heavy (non-hydrogen) atoms. The molecule has 3 heteroatoms. The first-order valence-electron chi connectivity index (χ1n) is 8.94. The quantitative estimate of drug-likeness (QED) is 0.539. The van der Waals surface area contributed by atoms with Crippen LogP contribution < -0.4 is 10.1 Å². The largest absolute Gasteiger partial charge is 0.496 e. The molecule has 0 saturated heterocycles. The smallest absolute Gasteiger partial charge is 0.244 e. The Morgan fingerprint density at radius 3 is 2.42 bits per heavy atom. The van der Waals surface area contributed by atoms with Crippen LogP contribution >= 0.6 is 0 Å². The first-order chi connectivity index (χ1) is 12.3. The Labute approximate surface area is 158 Å². The van der Waals surface area contributed by atoms with Crippen LogP contribution in [-0.4, -0.2) is 19.6 Å². The summed E-state index contributed by atoms with van der Waals surface area (Å²) >= 11 is 0. The van der Waals surface area contributed by atoms with Crippen LogP contribution in [0.25, 0.3) is 6.08 Å². The molecule has 0 aliphatic heterocycles. The molecule has 1 rings (SSSR count). The van der Waals surface area contributed by atoms with Gasteiger partial charge in [-0.25, -0.2) is 0 Å². The number of nitrogens with one attached hydrogen (secondary N) is 1. The van der Waals surface area contributed by atoms with Crippen molar-refractivity contribution in [2.24, 2.45) is 0 Å². The van der Waals surface area contributed by atoms with Crippen LogP contribution in [0.5, 0.6) is 5.75 Å². The molecule has 0 heterocycles. The average molecular weight is 354 g/mol. The van der Waals surface area contributed by atoms with Gasteiger partial charge in [-0.3, -0.25) is 4.79 Å². The number of carbonyl (C=O) groups is 1. The third kappa shape index (κ3) is 6.40. The Hall–Kier alpha value is -2.55. The molecule has 0 aliphatic carbocycles. The number of likely N-dealkylation sites (N-methyl/N-ethyl adjacent to an activating group) is 1. The Balaban J connectivity index is 2.89. The summed E-state index contributed by atoms with van der Waals surface area (Å²) in [5, 5.41) is 2.75. The molecular weight excluding hydrogens is 322 g/mol. The van der Waals surface area contributed by atoms with Crippen molar-refractivity contribution in [3.05, 3.63) is 69.8 Å². The van der Waals surface area contributed by atoms with Crippen molar-refractivity contribution in [2.75, 3.05) is 13.7 Å². The highest BCUT2D eigenvalue weighted by atomic mass is 16.5. The predicted octanol–water partition coefficient (Wildman–Crippen LogP) is 5.22. The zero-order valence-electron chi connectivity index (χ0n) is 17.1. The molecular formula is C23H31NO2. The predicted molar refractivity (Wildman–Crippen MR) is 112 cm³/mol. The van der Waals surface area contributed by atoms with Gasteiger partial charge in [0, 0.05) is 12.6 Å². The topological polar surface area (TPSA) is 38.3 Å². The fraction of sp³-hybridized carbons (Fsp3) is 0.348. The fourth-order valence-electron chi connectivity index (χ4n) is 2.64. The van der Waals surface area contributed by atoms with E-state index < -0.39 is 0 Å². The first kappa shape index (κ1) is 21.5. The van der Waals surface area contributed by atoms with E-state index in [4.69, 9.17) is 4.74 Å². The minimum Gasteiger partial charge on any atom is -0.496 e. The number of ether oxygens (including phenoxy) is 1. The molecule has 0 fully saturated rings. The Bertz CT molecular complexity index is 765. The van der Waals surface area contributed by atoms with Crippen molar-refractivity contribution < 1.29 is 9.53 Å². The summed E-state index contributed by atoms with van der Waals surface area (Å²) in [5.74, 6) is 0.873. The number of hydrogen-bond donors (Lipinski definition) is 1. The first-order valence-corrected chi connectivity index (χ1v) is 8.94. The van der Waals surface area contributed by atoms with Gasteiger partial charge in [0.2, 0.25) is 5.91 Å². The molecule has 0 aliphatic rings. The third-order valence-electron chi connectivity index (χ3n) is 4.27. The second-order valence-corrected chi connectivity index (χ2v) is 6.45. The number of aryl methyl sites for hydroxylation is 1. The zero-order chi connectivity index (χ0) is 19.7. The van der Waals surface area contributed by atoms with Crippen molar-refractivity contribution in [1.82, 2.24) is 5.32 Å². The number of carbonyl (C=O) groups excluding carboxylic acids is 1. The lowest BCUT2D eigenvalue weighted by Gasteiger charge is -2.13. The highest BCUT2D eigenvalue weighted by Crippen LogP contribution is 2.28. The molecule has 1 amide bonds. The minimum absolute atomic E-state index is 0.0592. The lowest BCUT2D eigenvalue weighted by atomic mass is 9.96. The standard InChI is InChI=1S/C23H31NO2/c1-8-24-23(25)14-17(3)11-9-10-16(2)12-13-21-18(4)15-22(26-7)20(6)19(21)5/h9-15H,8H2,1-7H3,(H,24,25)/b11-9+,13-12-,16-10+,17-14-. The van der Waals surface area contributed by atoms with Gasteiger partial charge in [0.1, 0.15) is 5.75 Å². The van der Waals surface area contributed by atoms with Crippen LogP contribution in [0, 0.1) is 20.8 Å². The lowest BCUT2D eigenvalue weighted by Crippen LogP contribution is -2.20. The number of methoxy groups -OCH3 is 1. The van der Waals surface area contributed by atoms with E-state index in [1.165, 1.54) is 22.3 Å². The summed E-state index contributed by atoms with van der Waals surface area (Å²) in [6, 6.07) is 2.08. The van der Waals surface area contributed by atoms with Gasteiger partial charge >= 0.3 is 0 Å². The van der Waals surface area contributed by atoms with Crippen LogP contribution in [0.3, 0.4) is 0 Å². The molecule has 140 valence electrons. The maximum atomic E-state index is 11.5. The normalized spacial score (nSPS) is 12.9. The summed E-state index contributed by atoms with van der Waals surface area (Å²) < 4.78 is 5.43. The van der Waals surface area contributed by atoms with Crippen molar-refractivity contribution in [1.29, 1.82) is 0 Å². The van der Waals surface area contributed by atoms with Gasteiger partial charge in [0.05, 0.1) is 7.11 Å². The maximum Gasteiger partial charge on any atom is 0.244 e. The second kappa shape index (κ2) is 10.4. The van der Waals surface area contributed by atoms with E-state index in [0.29, 0.717) is 6.54 Å². The minimum atomic E-state index is -0.0592. The molecule has 3 nitrogen and oxygen atoms in total. The van der Waals surface area contributed by atoms with Crippen molar-refractivity contribution in [2.45, 2.75) is 41.5 Å². The molecule has 0 spiro atoms. The maximum absolute atomic E-state index is 11.5. The van der Waals surface area contributed by atoms with Crippen molar-refractivity contribution >= 4 is 12.0 Å². The van der Waals surface area contributed by atoms with Crippen molar-refractivity contribution in [3.8, 4) is 5.75 Å². The van der Waals surface area contributed by atoms with Crippen LogP contribution in [0.15, 0.2) is 47.6 Å². The van der Waals surface area contributed by atoms with Gasteiger partial charge in [-0.05, 0) is 75.4 Å². The van der Waals surface area contributed by atoms with E-state index in [9.17, 15) is 4.79 Å². The number of hydrogen-bond acceptors (Lipinski definition) is 2. The highest BCUT2D eigenvalue weighted by Gasteiger charge is 2.08. The summed E-state index contributed by atoms with van der Waals surface area (Å²) in [7, 11) is 1.71. The van der Waals surface area contributed by atoms with E-state index in [-0.39, 0.29) is 5.91 Å². The van der Waals surface area contributed by atoms with Gasteiger partial charge in [-0.2, -0.15) is 0 Å². The summed E-state index contributed by atoms with van der Waals surface area (Å²) in [6.45, 7) is 12.8. The Morgan fingerprint density at radius 1 is 1.12 bits per heavy atom. The van der Waals surface area contributed by atoms with E-state index in [2.05, 4.69) is 51.2 Å². The van der Waals surface area contributed by atoms with Gasteiger partial charge in [-0.15, -0.1) is 0 Å². The molecule has 0 saturated carbocycles. The van der Waals surface area contributed by atoms with Crippen molar-refractivity contribution in [3.63, 3.8) is 0 Å². The molecule has 0 unspecified atom stereocenters. The molecule has 0 bridgehead atoms. The molecule has 1 aromatic rings. The number of benzene rings is 1. The van der Waals surface area contributed by atoms with E-state index in [1.807, 2.05) is 32.1 Å². The Kier molecular flexibility index (Phi) is 8.63. The van der Waals surface area contributed by atoms with E-state index >= 15 is 0 Å². The summed E-state index contributed by atoms with van der Waals surface area (Å²) in [5.41, 5.74) is 6.89. The van der Waals surface area contributed by atoms with Crippen LogP contribution in [0.4, 0.5) is 0 Å². The average Bonchev–Trinajstić information content (AvgIpc) is 2.58. The van der Waals surface area contributed by atoms with E-state index in [0.717, 1.165) is 16.9 Å². The van der Waals surface area contributed by atoms with Crippen LogP contribution in [0.2, 0.25) is 0 Å². The molecule has 1 N–H and O–H groups in total. The lowest BCUT2D eigenvalue weighted by molar-refractivity contribution is -0.116. The Morgan fingerprint density at radius 2 is 1.81 bits per heavy atom. The highest BCUT2D eigenvalue weighted by molar-refractivity contribution is 5.88. The monoisotopic (exact) mass is 353 g/mol. The summed E-state index contributed by atoms with van der Waals surface area (Å²) in [4.78, 5) is 11.5. The second-order valence-electron chi connectivity index (χ2n) is 6.45.